The first kappa shape index (κ1) is 13.9. The number of anilines is 1. The smallest absolute Gasteiger partial charge is 0.243 e. The van der Waals surface area contributed by atoms with Crippen molar-refractivity contribution in [2.45, 2.75) is 13.3 Å². The van der Waals surface area contributed by atoms with Gasteiger partial charge in [-0.2, -0.15) is 0 Å². The van der Waals surface area contributed by atoms with Crippen LogP contribution in [-0.2, 0) is 9.59 Å². The van der Waals surface area contributed by atoms with E-state index in [1.54, 1.807) is 6.92 Å². The van der Waals surface area contributed by atoms with Gasteiger partial charge in [-0.25, -0.2) is 0 Å². The minimum absolute atomic E-state index is 0.0135. The van der Waals surface area contributed by atoms with Crippen LogP contribution in [0.15, 0.2) is 48.8 Å². The van der Waals surface area contributed by atoms with Crippen LogP contribution in [0.3, 0.4) is 0 Å². The van der Waals surface area contributed by atoms with Gasteiger partial charge < -0.3 is 15.2 Å². The van der Waals surface area contributed by atoms with Gasteiger partial charge in [0.2, 0.25) is 11.8 Å². The van der Waals surface area contributed by atoms with Crippen LogP contribution in [0.25, 0.3) is 5.69 Å². The van der Waals surface area contributed by atoms with E-state index in [1.165, 1.54) is 0 Å². The molecule has 2 N–H and O–H groups in total. The molecule has 2 rings (SSSR count). The maximum absolute atomic E-state index is 11.7. The molecule has 5 nitrogen and oxygen atoms in total. The minimum atomic E-state index is -0.239. The molecular weight excluding hydrogens is 254 g/mol. The minimum Gasteiger partial charge on any atom is -0.347 e. The topological polar surface area (TPSA) is 63.1 Å². The van der Waals surface area contributed by atoms with Crippen molar-refractivity contribution in [1.82, 2.24) is 9.88 Å². The van der Waals surface area contributed by atoms with Gasteiger partial charge in [0.25, 0.3) is 0 Å². The largest absolute Gasteiger partial charge is 0.347 e. The van der Waals surface area contributed by atoms with E-state index in [4.69, 9.17) is 0 Å². The molecule has 2 aromatic rings. The molecule has 0 atom stereocenters. The first-order chi connectivity index (χ1) is 9.69. The molecule has 1 aromatic heterocycles. The van der Waals surface area contributed by atoms with Crippen LogP contribution >= 0.6 is 0 Å². The second kappa shape index (κ2) is 6.56. The molecule has 20 heavy (non-hydrogen) atoms. The van der Waals surface area contributed by atoms with Crippen molar-refractivity contribution in [3.8, 4) is 5.69 Å². The van der Waals surface area contributed by atoms with E-state index in [0.29, 0.717) is 12.1 Å². The first-order valence-electron chi connectivity index (χ1n) is 6.49. The molecule has 0 spiro atoms. The molecular formula is C15H17N3O2. The number of nitrogens with zero attached hydrogens (tertiary/aromatic N) is 1. The Hall–Kier alpha value is -2.56. The Bertz CT molecular complexity index is 591. The van der Waals surface area contributed by atoms with E-state index in [0.717, 1.165) is 5.69 Å². The molecule has 0 radical (unpaired) electrons. The number of benzene rings is 1. The van der Waals surface area contributed by atoms with Crippen molar-refractivity contribution in [3.05, 3.63) is 48.8 Å². The van der Waals surface area contributed by atoms with Crippen LogP contribution in [0.4, 0.5) is 5.69 Å². The van der Waals surface area contributed by atoms with E-state index in [2.05, 4.69) is 10.6 Å². The number of aromatic nitrogens is 1. The van der Waals surface area contributed by atoms with Crippen molar-refractivity contribution < 1.29 is 9.59 Å². The molecule has 5 heteroatoms. The van der Waals surface area contributed by atoms with Crippen molar-refractivity contribution in [2.24, 2.45) is 0 Å². The molecule has 0 aliphatic heterocycles. The lowest BCUT2D eigenvalue weighted by Gasteiger charge is -2.09. The Labute approximate surface area is 117 Å². The van der Waals surface area contributed by atoms with Crippen LogP contribution in [0.5, 0.6) is 0 Å². The van der Waals surface area contributed by atoms with Crippen LogP contribution in [0.2, 0.25) is 0 Å². The molecule has 0 aliphatic rings. The molecule has 0 saturated carbocycles. The lowest BCUT2D eigenvalue weighted by Crippen LogP contribution is -2.32. The highest BCUT2D eigenvalue weighted by Crippen LogP contribution is 2.14. The molecule has 0 bridgehead atoms. The summed E-state index contributed by atoms with van der Waals surface area (Å²) < 4.78 is 1.95. The number of amides is 2. The van der Waals surface area contributed by atoms with E-state index in [9.17, 15) is 9.59 Å². The van der Waals surface area contributed by atoms with Crippen LogP contribution in [0, 0.1) is 0 Å². The Morgan fingerprint density at radius 2 is 1.85 bits per heavy atom. The van der Waals surface area contributed by atoms with Gasteiger partial charge in [-0.1, -0.05) is 13.0 Å². The van der Waals surface area contributed by atoms with Gasteiger partial charge in [0, 0.05) is 30.2 Å². The SMILES string of the molecule is CCC(=O)NCC(=O)Nc1cccc(-n2cccc2)c1. The summed E-state index contributed by atoms with van der Waals surface area (Å²) in [7, 11) is 0. The predicted molar refractivity (Wildman–Crippen MR) is 77.7 cm³/mol. The Morgan fingerprint density at radius 3 is 2.55 bits per heavy atom. The number of rotatable bonds is 5. The number of hydrogen-bond donors (Lipinski definition) is 2. The van der Waals surface area contributed by atoms with Gasteiger partial charge in [-0.3, -0.25) is 9.59 Å². The number of carbonyl (C=O) groups is 2. The molecule has 1 aromatic carbocycles. The maximum atomic E-state index is 11.7. The zero-order valence-corrected chi connectivity index (χ0v) is 11.3. The number of nitrogens with one attached hydrogen (secondary N) is 2. The normalized spacial score (nSPS) is 10.1. The summed E-state index contributed by atoms with van der Waals surface area (Å²) in [5, 5.41) is 5.30. The van der Waals surface area contributed by atoms with Gasteiger partial charge >= 0.3 is 0 Å². The summed E-state index contributed by atoms with van der Waals surface area (Å²) >= 11 is 0. The standard InChI is InChI=1S/C15H17N3O2/c1-2-14(19)16-11-15(20)17-12-6-5-7-13(10-12)18-8-3-4-9-18/h3-10H,2,11H2,1H3,(H,16,19)(H,17,20). The van der Waals surface area contributed by atoms with Gasteiger partial charge in [0.15, 0.2) is 0 Å². The quantitative estimate of drug-likeness (QED) is 0.873. The van der Waals surface area contributed by atoms with Crippen molar-refractivity contribution >= 4 is 17.5 Å². The molecule has 104 valence electrons. The van der Waals surface area contributed by atoms with Gasteiger partial charge in [-0.15, -0.1) is 0 Å². The van der Waals surface area contributed by atoms with Gasteiger partial charge in [-0.05, 0) is 30.3 Å². The first-order valence-corrected chi connectivity index (χ1v) is 6.49. The third-order valence-corrected chi connectivity index (χ3v) is 2.80. The molecule has 0 fully saturated rings. The summed E-state index contributed by atoms with van der Waals surface area (Å²) in [6.45, 7) is 1.73. The van der Waals surface area contributed by atoms with Crippen molar-refractivity contribution in [3.63, 3.8) is 0 Å². The van der Waals surface area contributed by atoms with Crippen molar-refractivity contribution in [2.75, 3.05) is 11.9 Å². The van der Waals surface area contributed by atoms with E-state index < -0.39 is 0 Å². The average Bonchev–Trinajstić information content (AvgIpc) is 2.99. The molecule has 1 heterocycles. The average molecular weight is 271 g/mol. The fourth-order valence-corrected chi connectivity index (χ4v) is 1.76. The monoisotopic (exact) mass is 271 g/mol. The third kappa shape index (κ3) is 3.71. The van der Waals surface area contributed by atoms with E-state index in [-0.39, 0.29) is 18.4 Å². The summed E-state index contributed by atoms with van der Waals surface area (Å²) in [5.74, 6) is -0.377. The number of carbonyl (C=O) groups excluding carboxylic acids is 2. The lowest BCUT2D eigenvalue weighted by atomic mass is 10.2. The second-order valence-electron chi connectivity index (χ2n) is 4.32. The summed E-state index contributed by atoms with van der Waals surface area (Å²) in [4.78, 5) is 22.8. The highest BCUT2D eigenvalue weighted by Gasteiger charge is 2.05. The molecule has 0 saturated heterocycles. The molecule has 0 aliphatic carbocycles. The fourth-order valence-electron chi connectivity index (χ4n) is 1.76. The third-order valence-electron chi connectivity index (χ3n) is 2.80. The van der Waals surface area contributed by atoms with Crippen LogP contribution in [0.1, 0.15) is 13.3 Å². The Kier molecular flexibility index (Phi) is 4.55. The van der Waals surface area contributed by atoms with E-state index >= 15 is 0 Å². The predicted octanol–water partition coefficient (Wildman–Crippen LogP) is 1.94. The van der Waals surface area contributed by atoms with Crippen LogP contribution in [-0.4, -0.2) is 22.9 Å². The Morgan fingerprint density at radius 1 is 1.10 bits per heavy atom. The summed E-state index contributed by atoms with van der Waals surface area (Å²) in [5.41, 5.74) is 1.66. The van der Waals surface area contributed by atoms with E-state index in [1.807, 2.05) is 53.4 Å². The highest BCUT2D eigenvalue weighted by atomic mass is 16.2. The second-order valence-corrected chi connectivity index (χ2v) is 4.32. The highest BCUT2D eigenvalue weighted by molar-refractivity contribution is 5.94. The van der Waals surface area contributed by atoms with Gasteiger partial charge in [0.05, 0.1) is 6.54 Å². The zero-order chi connectivity index (χ0) is 14.4. The molecule has 0 unspecified atom stereocenters. The molecule has 2 amide bonds. The number of hydrogen-bond acceptors (Lipinski definition) is 2. The summed E-state index contributed by atoms with van der Waals surface area (Å²) in [6.07, 6.45) is 4.24. The maximum Gasteiger partial charge on any atom is 0.243 e. The fraction of sp³-hybridized carbons (Fsp3) is 0.200. The summed E-state index contributed by atoms with van der Waals surface area (Å²) in [6, 6.07) is 11.4. The van der Waals surface area contributed by atoms with Crippen LogP contribution < -0.4 is 10.6 Å². The van der Waals surface area contributed by atoms with Gasteiger partial charge in [0.1, 0.15) is 0 Å². The zero-order valence-electron chi connectivity index (χ0n) is 11.3. The Balaban J connectivity index is 1.98. The lowest BCUT2D eigenvalue weighted by molar-refractivity contribution is -0.123. The van der Waals surface area contributed by atoms with Crippen molar-refractivity contribution in [1.29, 1.82) is 0 Å².